The predicted molar refractivity (Wildman–Crippen MR) is 133 cm³/mol. The highest BCUT2D eigenvalue weighted by Crippen LogP contribution is 2.23. The molecule has 1 amide bonds. The zero-order chi connectivity index (χ0) is 22.6. The molecule has 1 fully saturated rings. The Hall–Kier alpha value is -3.52. The minimum Gasteiger partial charge on any atom is -0.368 e. The zero-order valence-electron chi connectivity index (χ0n) is 18.3. The van der Waals surface area contributed by atoms with Crippen molar-refractivity contribution < 1.29 is 4.79 Å². The number of hydrogen-bond donors (Lipinski definition) is 1. The van der Waals surface area contributed by atoms with Crippen molar-refractivity contribution in [1.29, 1.82) is 0 Å². The van der Waals surface area contributed by atoms with E-state index in [1.807, 2.05) is 41.3 Å². The molecule has 8 heteroatoms. The van der Waals surface area contributed by atoms with Gasteiger partial charge in [0.2, 0.25) is 11.1 Å². The van der Waals surface area contributed by atoms with Crippen LogP contribution in [0, 0.1) is 0 Å². The van der Waals surface area contributed by atoms with Gasteiger partial charge in [0, 0.05) is 38.3 Å². The van der Waals surface area contributed by atoms with Crippen LogP contribution >= 0.6 is 11.8 Å². The number of fused-ring (bicyclic) bond motifs is 1. The van der Waals surface area contributed by atoms with E-state index in [-0.39, 0.29) is 5.91 Å². The van der Waals surface area contributed by atoms with Gasteiger partial charge >= 0.3 is 0 Å². The summed E-state index contributed by atoms with van der Waals surface area (Å²) in [6.45, 7) is 3.11. The molecule has 0 aliphatic carbocycles. The van der Waals surface area contributed by atoms with Gasteiger partial charge in [0.05, 0.1) is 5.75 Å². The number of aromatic nitrogens is 3. The third kappa shape index (κ3) is 4.66. The number of rotatable bonds is 6. The van der Waals surface area contributed by atoms with E-state index in [0.717, 1.165) is 31.7 Å². The molecule has 0 spiro atoms. The van der Waals surface area contributed by atoms with Crippen LogP contribution in [0.5, 0.6) is 0 Å². The average molecular weight is 459 g/mol. The second-order valence-electron chi connectivity index (χ2n) is 8.08. The Balaban J connectivity index is 1.18. The molecule has 2 heterocycles. The molecule has 4 aromatic rings. The number of thioether (sulfide) groups is 1. The van der Waals surface area contributed by atoms with Crippen molar-refractivity contribution in [2.75, 3.05) is 42.7 Å². The first-order valence-electron chi connectivity index (χ1n) is 11.1. The van der Waals surface area contributed by atoms with Crippen LogP contribution in [0.4, 0.5) is 5.69 Å². The fraction of sp³-hybridized carbons (Fsp3) is 0.240. The number of carbonyl (C=O) groups excluding carboxylic acids is 1. The lowest BCUT2D eigenvalue weighted by Gasteiger charge is -2.36. The summed E-state index contributed by atoms with van der Waals surface area (Å²) in [6.07, 6.45) is 0.584. The largest absolute Gasteiger partial charge is 0.368 e. The van der Waals surface area contributed by atoms with Crippen molar-refractivity contribution in [2.45, 2.75) is 11.6 Å². The first kappa shape index (κ1) is 21.3. The first-order valence-corrected chi connectivity index (χ1v) is 12.0. The Labute approximate surface area is 197 Å². The number of piperazine rings is 1. The molecule has 0 bridgehead atoms. The van der Waals surface area contributed by atoms with Crippen LogP contribution < -0.4 is 10.7 Å². The number of benzene rings is 3. The molecule has 33 heavy (non-hydrogen) atoms. The zero-order valence-corrected chi connectivity index (χ0v) is 19.1. The van der Waals surface area contributed by atoms with Gasteiger partial charge in [-0.1, -0.05) is 72.4 Å². The fourth-order valence-electron chi connectivity index (χ4n) is 4.21. The van der Waals surface area contributed by atoms with Crippen molar-refractivity contribution in [2.24, 2.45) is 0 Å². The lowest BCUT2D eigenvalue weighted by atomic mass is 10.0. The van der Waals surface area contributed by atoms with E-state index in [2.05, 4.69) is 51.5 Å². The Kier molecular flexibility index (Phi) is 6.17. The highest BCUT2D eigenvalue weighted by atomic mass is 32.2. The number of anilines is 1. The van der Waals surface area contributed by atoms with E-state index in [4.69, 9.17) is 5.84 Å². The summed E-state index contributed by atoms with van der Waals surface area (Å²) in [7, 11) is 0. The van der Waals surface area contributed by atoms with Crippen molar-refractivity contribution >= 4 is 34.1 Å². The van der Waals surface area contributed by atoms with Crippen molar-refractivity contribution in [3.63, 3.8) is 0 Å². The summed E-state index contributed by atoms with van der Waals surface area (Å²) in [5, 5.41) is 11.4. The lowest BCUT2D eigenvalue weighted by molar-refractivity contribution is -0.128. The molecule has 0 atom stereocenters. The summed E-state index contributed by atoms with van der Waals surface area (Å²) in [5.74, 6) is 7.36. The van der Waals surface area contributed by atoms with Gasteiger partial charge in [-0.2, -0.15) is 0 Å². The second-order valence-corrected chi connectivity index (χ2v) is 9.02. The van der Waals surface area contributed by atoms with Crippen LogP contribution in [0.3, 0.4) is 0 Å². The molecule has 0 unspecified atom stereocenters. The minimum atomic E-state index is 0.103. The topological polar surface area (TPSA) is 80.3 Å². The number of nitrogens with zero attached hydrogens (tertiary/aromatic N) is 5. The normalized spacial score (nSPS) is 14.1. The molecule has 1 aliphatic rings. The van der Waals surface area contributed by atoms with Crippen LogP contribution in [0.1, 0.15) is 11.4 Å². The summed E-state index contributed by atoms with van der Waals surface area (Å²) in [4.78, 5) is 17.0. The Morgan fingerprint density at radius 3 is 2.42 bits per heavy atom. The highest BCUT2D eigenvalue weighted by Gasteiger charge is 2.22. The SMILES string of the molecule is Nn1c(Cc2cccc3ccccc23)nnc1SCC(=O)N1CCN(c2ccccc2)CC1. The minimum absolute atomic E-state index is 0.103. The molecule has 168 valence electrons. The smallest absolute Gasteiger partial charge is 0.233 e. The molecule has 1 aliphatic heterocycles. The van der Waals surface area contributed by atoms with E-state index < -0.39 is 0 Å². The molecule has 0 saturated carbocycles. The number of nitrogen functional groups attached to an aromatic ring is 1. The number of hydrogen-bond acceptors (Lipinski definition) is 6. The van der Waals surface area contributed by atoms with Gasteiger partial charge in [-0.15, -0.1) is 10.2 Å². The summed E-state index contributed by atoms with van der Waals surface area (Å²) in [6, 6.07) is 24.8. The Morgan fingerprint density at radius 2 is 1.61 bits per heavy atom. The van der Waals surface area contributed by atoms with Crippen molar-refractivity contribution in [3.8, 4) is 0 Å². The number of para-hydroxylation sites is 1. The van der Waals surface area contributed by atoms with E-state index in [9.17, 15) is 4.79 Å². The maximum absolute atomic E-state index is 12.8. The first-order chi connectivity index (χ1) is 16.2. The summed E-state index contributed by atoms with van der Waals surface area (Å²) in [5.41, 5.74) is 2.35. The summed E-state index contributed by atoms with van der Waals surface area (Å²) < 4.78 is 1.51. The molecule has 5 rings (SSSR count). The quantitative estimate of drug-likeness (QED) is 0.353. The second kappa shape index (κ2) is 9.54. The average Bonchev–Trinajstić information content (AvgIpc) is 3.22. The number of amides is 1. The van der Waals surface area contributed by atoms with Gasteiger partial charge in [0.1, 0.15) is 0 Å². The third-order valence-electron chi connectivity index (χ3n) is 6.04. The van der Waals surface area contributed by atoms with Gasteiger partial charge in [0.25, 0.3) is 0 Å². The maximum Gasteiger partial charge on any atom is 0.233 e. The summed E-state index contributed by atoms with van der Waals surface area (Å²) >= 11 is 1.34. The molecule has 3 aromatic carbocycles. The van der Waals surface area contributed by atoms with Crippen LogP contribution in [-0.2, 0) is 11.2 Å². The molecule has 0 radical (unpaired) electrons. The van der Waals surface area contributed by atoms with Crippen LogP contribution in [-0.4, -0.2) is 57.6 Å². The van der Waals surface area contributed by atoms with E-state index in [1.165, 1.54) is 32.9 Å². The predicted octanol–water partition coefficient (Wildman–Crippen LogP) is 3.18. The van der Waals surface area contributed by atoms with Gasteiger partial charge in [0.15, 0.2) is 5.82 Å². The van der Waals surface area contributed by atoms with E-state index >= 15 is 0 Å². The van der Waals surface area contributed by atoms with Crippen molar-refractivity contribution in [3.05, 3.63) is 84.2 Å². The molecule has 1 aromatic heterocycles. The third-order valence-corrected chi connectivity index (χ3v) is 6.97. The highest BCUT2D eigenvalue weighted by molar-refractivity contribution is 7.99. The monoisotopic (exact) mass is 458 g/mol. The van der Waals surface area contributed by atoms with Crippen LogP contribution in [0.2, 0.25) is 0 Å². The lowest BCUT2D eigenvalue weighted by Crippen LogP contribution is -2.49. The van der Waals surface area contributed by atoms with E-state index in [1.54, 1.807) is 0 Å². The van der Waals surface area contributed by atoms with Gasteiger partial charge < -0.3 is 15.6 Å². The Bertz CT molecular complexity index is 1240. The fourth-order valence-corrected chi connectivity index (χ4v) is 4.99. The molecule has 1 saturated heterocycles. The maximum atomic E-state index is 12.8. The van der Waals surface area contributed by atoms with Crippen LogP contribution in [0.15, 0.2) is 78.0 Å². The molecule has 7 nitrogen and oxygen atoms in total. The Morgan fingerprint density at radius 1 is 0.879 bits per heavy atom. The van der Waals surface area contributed by atoms with E-state index in [0.29, 0.717) is 23.2 Å². The molecular formula is C25H26N6OS. The number of carbonyl (C=O) groups is 1. The van der Waals surface area contributed by atoms with Gasteiger partial charge in [-0.05, 0) is 28.5 Å². The molecular weight excluding hydrogens is 432 g/mol. The van der Waals surface area contributed by atoms with Gasteiger partial charge in [-0.3, -0.25) is 4.79 Å². The van der Waals surface area contributed by atoms with Gasteiger partial charge in [-0.25, -0.2) is 4.68 Å². The molecule has 2 N–H and O–H groups in total. The number of nitrogens with two attached hydrogens (primary N) is 1. The standard InChI is InChI=1S/C25H26N6OS/c26-31-23(17-20-9-6-8-19-7-4-5-12-22(19)20)27-28-25(31)33-18-24(32)30-15-13-29(14-16-30)21-10-2-1-3-11-21/h1-12H,13-18,26H2. The van der Waals surface area contributed by atoms with Crippen LogP contribution in [0.25, 0.3) is 10.8 Å². The van der Waals surface area contributed by atoms with Crippen molar-refractivity contribution in [1.82, 2.24) is 19.8 Å².